The molecule has 0 atom stereocenters. The van der Waals surface area contributed by atoms with Crippen molar-refractivity contribution in [3.8, 4) is 0 Å². The average Bonchev–Trinajstić information content (AvgIpc) is 2.34. The number of hydrogen-bond donors (Lipinski definition) is 3. The van der Waals surface area contributed by atoms with Crippen LogP contribution in [-0.2, 0) is 0 Å². The van der Waals surface area contributed by atoms with Crippen LogP contribution in [0, 0.1) is 0 Å². The van der Waals surface area contributed by atoms with E-state index in [1.807, 2.05) is 0 Å². The molecule has 0 aromatic heterocycles. The summed E-state index contributed by atoms with van der Waals surface area (Å²) in [5.74, 6) is 0. The molecular weight excluding hydrogens is 132 g/mol. The van der Waals surface area contributed by atoms with E-state index in [0.29, 0.717) is 6.04 Å². The van der Waals surface area contributed by atoms with Crippen LogP contribution in [0.4, 0.5) is 4.79 Å². The first-order chi connectivity index (χ1) is 4.79. The molecule has 0 aromatic rings. The SMILES string of the molecule is O=C(O)NNC1CCCC1. The molecule has 1 amide bonds. The molecule has 4 nitrogen and oxygen atoms in total. The summed E-state index contributed by atoms with van der Waals surface area (Å²) in [5.41, 5.74) is 4.89. The van der Waals surface area contributed by atoms with Gasteiger partial charge >= 0.3 is 6.09 Å². The highest BCUT2D eigenvalue weighted by molar-refractivity contribution is 5.63. The van der Waals surface area contributed by atoms with Gasteiger partial charge in [-0.3, -0.25) is 5.43 Å². The Kier molecular flexibility index (Phi) is 2.50. The second-order valence-corrected chi connectivity index (χ2v) is 2.56. The van der Waals surface area contributed by atoms with Crippen LogP contribution in [-0.4, -0.2) is 17.2 Å². The topological polar surface area (TPSA) is 61.4 Å². The van der Waals surface area contributed by atoms with E-state index in [9.17, 15) is 4.79 Å². The van der Waals surface area contributed by atoms with E-state index in [1.54, 1.807) is 0 Å². The lowest BCUT2D eigenvalue weighted by Gasteiger charge is -2.09. The van der Waals surface area contributed by atoms with Crippen LogP contribution in [0.25, 0.3) is 0 Å². The van der Waals surface area contributed by atoms with Gasteiger partial charge in [0.2, 0.25) is 0 Å². The molecule has 0 radical (unpaired) electrons. The highest BCUT2D eigenvalue weighted by Gasteiger charge is 2.14. The molecule has 1 aliphatic rings. The molecule has 1 rings (SSSR count). The predicted octanol–water partition coefficient (Wildman–Crippen LogP) is 0.701. The molecule has 4 heteroatoms. The predicted molar refractivity (Wildman–Crippen MR) is 36.6 cm³/mol. The Morgan fingerprint density at radius 1 is 1.40 bits per heavy atom. The van der Waals surface area contributed by atoms with Crippen molar-refractivity contribution in [2.45, 2.75) is 31.7 Å². The van der Waals surface area contributed by atoms with E-state index >= 15 is 0 Å². The lowest BCUT2D eigenvalue weighted by Crippen LogP contribution is -2.42. The fourth-order valence-electron chi connectivity index (χ4n) is 1.23. The minimum absolute atomic E-state index is 0.357. The van der Waals surface area contributed by atoms with Crippen LogP contribution in [0.2, 0.25) is 0 Å². The van der Waals surface area contributed by atoms with Crippen LogP contribution in [0.15, 0.2) is 0 Å². The number of hydrazine groups is 1. The van der Waals surface area contributed by atoms with Crippen LogP contribution in [0.3, 0.4) is 0 Å². The average molecular weight is 144 g/mol. The maximum atomic E-state index is 9.98. The van der Waals surface area contributed by atoms with Crippen LogP contribution < -0.4 is 10.9 Å². The van der Waals surface area contributed by atoms with Crippen molar-refractivity contribution in [3.63, 3.8) is 0 Å². The summed E-state index contributed by atoms with van der Waals surface area (Å²) in [6, 6.07) is 0.357. The number of carbonyl (C=O) groups is 1. The second-order valence-electron chi connectivity index (χ2n) is 2.56. The molecule has 0 heterocycles. The fourth-order valence-corrected chi connectivity index (χ4v) is 1.23. The summed E-state index contributed by atoms with van der Waals surface area (Å²) in [5, 5.41) is 8.20. The number of amides is 1. The van der Waals surface area contributed by atoms with Gasteiger partial charge in [0.05, 0.1) is 0 Å². The standard InChI is InChI=1S/C6H12N2O2/c9-6(10)8-7-5-3-1-2-4-5/h5,7-8H,1-4H2,(H,9,10). The van der Waals surface area contributed by atoms with E-state index in [0.717, 1.165) is 12.8 Å². The Hall–Kier alpha value is -0.770. The van der Waals surface area contributed by atoms with Crippen molar-refractivity contribution in [2.24, 2.45) is 0 Å². The maximum absolute atomic E-state index is 9.98. The van der Waals surface area contributed by atoms with Crippen LogP contribution in [0.5, 0.6) is 0 Å². The van der Waals surface area contributed by atoms with Gasteiger partial charge in [0.25, 0.3) is 0 Å². The van der Waals surface area contributed by atoms with Crippen molar-refractivity contribution in [1.29, 1.82) is 0 Å². The Balaban J connectivity index is 2.07. The third kappa shape index (κ3) is 2.23. The Bertz CT molecular complexity index is 121. The number of hydrogen-bond acceptors (Lipinski definition) is 2. The molecule has 0 saturated heterocycles. The van der Waals surface area contributed by atoms with Gasteiger partial charge in [0, 0.05) is 6.04 Å². The summed E-state index contributed by atoms with van der Waals surface area (Å²) in [7, 11) is 0. The van der Waals surface area contributed by atoms with Crippen LogP contribution >= 0.6 is 0 Å². The zero-order valence-electron chi connectivity index (χ0n) is 5.76. The first-order valence-electron chi connectivity index (χ1n) is 3.53. The van der Waals surface area contributed by atoms with Gasteiger partial charge in [0.15, 0.2) is 0 Å². The highest BCUT2D eigenvalue weighted by Crippen LogP contribution is 2.16. The number of carboxylic acid groups (broad SMARTS) is 1. The first kappa shape index (κ1) is 7.34. The van der Waals surface area contributed by atoms with E-state index < -0.39 is 6.09 Å². The molecule has 58 valence electrons. The molecule has 1 fully saturated rings. The smallest absolute Gasteiger partial charge is 0.419 e. The van der Waals surface area contributed by atoms with Gasteiger partial charge in [-0.2, -0.15) is 0 Å². The third-order valence-corrected chi connectivity index (χ3v) is 1.74. The largest absolute Gasteiger partial charge is 0.464 e. The fraction of sp³-hybridized carbons (Fsp3) is 0.833. The van der Waals surface area contributed by atoms with Crippen molar-refractivity contribution in [2.75, 3.05) is 0 Å². The minimum Gasteiger partial charge on any atom is -0.464 e. The van der Waals surface area contributed by atoms with Gasteiger partial charge in [-0.15, -0.1) is 0 Å². The molecule has 3 N–H and O–H groups in total. The summed E-state index contributed by atoms with van der Waals surface area (Å²) in [6.45, 7) is 0. The van der Waals surface area contributed by atoms with E-state index in [1.165, 1.54) is 12.8 Å². The van der Waals surface area contributed by atoms with E-state index in [-0.39, 0.29) is 0 Å². The first-order valence-corrected chi connectivity index (χ1v) is 3.53. The number of rotatable bonds is 2. The quantitative estimate of drug-likeness (QED) is 0.500. The van der Waals surface area contributed by atoms with Gasteiger partial charge in [-0.25, -0.2) is 10.2 Å². The third-order valence-electron chi connectivity index (χ3n) is 1.74. The van der Waals surface area contributed by atoms with Crippen molar-refractivity contribution < 1.29 is 9.90 Å². The maximum Gasteiger partial charge on any atom is 0.419 e. The monoisotopic (exact) mass is 144 g/mol. The van der Waals surface area contributed by atoms with Crippen molar-refractivity contribution >= 4 is 6.09 Å². The van der Waals surface area contributed by atoms with Gasteiger partial charge < -0.3 is 5.11 Å². The lowest BCUT2D eigenvalue weighted by molar-refractivity contribution is 0.186. The Morgan fingerprint density at radius 3 is 2.50 bits per heavy atom. The normalized spacial score (nSPS) is 19.2. The van der Waals surface area contributed by atoms with Gasteiger partial charge in [-0.1, -0.05) is 12.8 Å². The minimum atomic E-state index is -1.01. The molecule has 0 bridgehead atoms. The van der Waals surface area contributed by atoms with Gasteiger partial charge in [-0.05, 0) is 12.8 Å². The van der Waals surface area contributed by atoms with E-state index in [4.69, 9.17) is 5.11 Å². The lowest BCUT2D eigenvalue weighted by atomic mass is 10.3. The molecule has 0 unspecified atom stereocenters. The Morgan fingerprint density at radius 2 is 2.00 bits per heavy atom. The second kappa shape index (κ2) is 3.41. The summed E-state index contributed by atoms with van der Waals surface area (Å²) < 4.78 is 0. The van der Waals surface area contributed by atoms with Gasteiger partial charge in [0.1, 0.15) is 0 Å². The summed E-state index contributed by atoms with van der Waals surface area (Å²) in [4.78, 5) is 9.98. The van der Waals surface area contributed by atoms with E-state index in [2.05, 4.69) is 10.9 Å². The van der Waals surface area contributed by atoms with Crippen LogP contribution in [0.1, 0.15) is 25.7 Å². The number of nitrogens with one attached hydrogen (secondary N) is 2. The summed E-state index contributed by atoms with van der Waals surface area (Å²) in [6.07, 6.45) is 3.57. The molecule has 1 saturated carbocycles. The molecule has 1 aliphatic carbocycles. The Labute approximate surface area is 59.6 Å². The summed E-state index contributed by atoms with van der Waals surface area (Å²) >= 11 is 0. The molecular formula is C6H12N2O2. The zero-order chi connectivity index (χ0) is 7.40. The highest BCUT2D eigenvalue weighted by atomic mass is 16.4. The zero-order valence-corrected chi connectivity index (χ0v) is 5.76. The molecule has 10 heavy (non-hydrogen) atoms. The molecule has 0 spiro atoms. The molecule has 0 aliphatic heterocycles. The van der Waals surface area contributed by atoms with Crippen molar-refractivity contribution in [3.05, 3.63) is 0 Å². The molecule has 0 aromatic carbocycles. The van der Waals surface area contributed by atoms with Crippen molar-refractivity contribution in [1.82, 2.24) is 10.9 Å².